The molecule has 0 saturated carbocycles. The van der Waals surface area contributed by atoms with E-state index in [0.717, 1.165) is 64.8 Å². The van der Waals surface area contributed by atoms with Crippen LogP contribution in [0.25, 0.3) is 0 Å². The Morgan fingerprint density at radius 2 is 1.37 bits per heavy atom. The lowest BCUT2D eigenvalue weighted by Crippen LogP contribution is -2.30. The van der Waals surface area contributed by atoms with E-state index in [0.29, 0.717) is 24.9 Å². The molecule has 0 fully saturated rings. The van der Waals surface area contributed by atoms with Crippen LogP contribution in [0.4, 0.5) is 0 Å². The smallest absolute Gasteiger partial charge is 0.158 e. The van der Waals surface area contributed by atoms with E-state index in [1.165, 1.54) is 11.4 Å². The standard InChI is InChI=1S/C25H49N3O2/c1-8-30-20-25(29)12-10-9-11-15-28(16-13-26-23(6)18-21(2)3)17-14-27-24(7)19-22(4)5/h21-22H,8-20H2,1-7H3/b26-23+,27-24+. The number of hydrogen-bond donors (Lipinski definition) is 0. The van der Waals surface area contributed by atoms with Gasteiger partial charge in [0.15, 0.2) is 5.78 Å². The molecule has 0 rings (SSSR count). The van der Waals surface area contributed by atoms with Crippen LogP contribution in [0.2, 0.25) is 0 Å². The highest BCUT2D eigenvalue weighted by atomic mass is 16.5. The quantitative estimate of drug-likeness (QED) is 0.204. The number of rotatable bonds is 19. The highest BCUT2D eigenvalue weighted by molar-refractivity contribution is 5.82. The minimum atomic E-state index is 0.221. The summed E-state index contributed by atoms with van der Waals surface area (Å²) in [5, 5.41) is 0. The summed E-state index contributed by atoms with van der Waals surface area (Å²) in [7, 11) is 0. The van der Waals surface area contributed by atoms with Gasteiger partial charge in [-0.1, -0.05) is 34.1 Å². The number of nitrogens with zero attached hydrogens (tertiary/aromatic N) is 3. The predicted octanol–water partition coefficient (Wildman–Crippen LogP) is 5.47. The van der Waals surface area contributed by atoms with Crippen LogP contribution in [0.3, 0.4) is 0 Å². The van der Waals surface area contributed by atoms with Crippen LogP contribution in [-0.2, 0) is 9.53 Å². The Labute approximate surface area is 186 Å². The zero-order valence-corrected chi connectivity index (χ0v) is 21.0. The molecule has 0 amide bonds. The van der Waals surface area contributed by atoms with Crippen molar-refractivity contribution in [3.63, 3.8) is 0 Å². The minimum absolute atomic E-state index is 0.221. The van der Waals surface area contributed by atoms with Gasteiger partial charge in [0.25, 0.3) is 0 Å². The Bertz CT molecular complexity index is 469. The molecule has 0 aliphatic carbocycles. The maximum atomic E-state index is 11.7. The molecule has 0 aliphatic rings. The summed E-state index contributed by atoms with van der Waals surface area (Å²) in [6, 6.07) is 0. The molecule has 5 heteroatoms. The molecule has 0 atom stereocenters. The van der Waals surface area contributed by atoms with Crippen molar-refractivity contribution in [3.8, 4) is 0 Å². The van der Waals surface area contributed by atoms with Crippen molar-refractivity contribution in [2.45, 2.75) is 87.0 Å². The third-order valence-corrected chi connectivity index (χ3v) is 4.90. The molecule has 0 radical (unpaired) electrons. The summed E-state index contributed by atoms with van der Waals surface area (Å²) in [5.74, 6) is 1.54. The van der Waals surface area contributed by atoms with E-state index in [9.17, 15) is 4.79 Å². The van der Waals surface area contributed by atoms with E-state index in [-0.39, 0.29) is 12.4 Å². The Kier molecular flexibility index (Phi) is 18.0. The molecule has 0 N–H and O–H groups in total. The molecule has 0 aromatic heterocycles. The van der Waals surface area contributed by atoms with E-state index in [2.05, 4.69) is 46.4 Å². The van der Waals surface area contributed by atoms with E-state index < -0.39 is 0 Å². The fourth-order valence-electron chi connectivity index (χ4n) is 3.53. The highest BCUT2D eigenvalue weighted by Crippen LogP contribution is 2.05. The molecule has 176 valence electrons. The third-order valence-electron chi connectivity index (χ3n) is 4.90. The van der Waals surface area contributed by atoms with Gasteiger partial charge in [-0.05, 0) is 64.8 Å². The Hall–Kier alpha value is -1.07. The van der Waals surface area contributed by atoms with Crippen LogP contribution in [0.1, 0.15) is 87.0 Å². The fourth-order valence-corrected chi connectivity index (χ4v) is 3.53. The molecule has 0 heterocycles. The Morgan fingerprint density at radius 1 is 0.833 bits per heavy atom. The minimum Gasteiger partial charge on any atom is -0.374 e. The first kappa shape index (κ1) is 28.9. The fraction of sp³-hybridized carbons (Fsp3) is 0.880. The summed E-state index contributed by atoms with van der Waals surface area (Å²) in [6.07, 6.45) is 5.95. The summed E-state index contributed by atoms with van der Waals surface area (Å²) in [5.41, 5.74) is 2.51. The lowest BCUT2D eigenvalue weighted by Gasteiger charge is -2.21. The molecule has 30 heavy (non-hydrogen) atoms. The predicted molar refractivity (Wildman–Crippen MR) is 131 cm³/mol. The zero-order chi connectivity index (χ0) is 22.8. The number of aliphatic imine (C=N–C) groups is 2. The van der Waals surface area contributed by atoms with E-state index >= 15 is 0 Å². The van der Waals surface area contributed by atoms with E-state index in [1.54, 1.807) is 0 Å². The van der Waals surface area contributed by atoms with Gasteiger partial charge in [0, 0.05) is 37.5 Å². The molecule has 0 saturated heterocycles. The molecular weight excluding hydrogens is 374 g/mol. The van der Waals surface area contributed by atoms with Gasteiger partial charge >= 0.3 is 0 Å². The van der Waals surface area contributed by atoms with Gasteiger partial charge in [-0.15, -0.1) is 0 Å². The van der Waals surface area contributed by atoms with Gasteiger partial charge in [0.1, 0.15) is 6.61 Å². The monoisotopic (exact) mass is 423 g/mol. The molecule has 0 unspecified atom stereocenters. The van der Waals surface area contributed by atoms with Crippen molar-refractivity contribution in [2.24, 2.45) is 21.8 Å². The third kappa shape index (κ3) is 18.9. The van der Waals surface area contributed by atoms with Crippen LogP contribution in [0, 0.1) is 11.8 Å². The van der Waals surface area contributed by atoms with Crippen LogP contribution >= 0.6 is 0 Å². The van der Waals surface area contributed by atoms with E-state index in [4.69, 9.17) is 14.7 Å². The van der Waals surface area contributed by atoms with Crippen molar-refractivity contribution in [3.05, 3.63) is 0 Å². The van der Waals surface area contributed by atoms with Crippen LogP contribution in [0.5, 0.6) is 0 Å². The molecule has 5 nitrogen and oxygen atoms in total. The number of ether oxygens (including phenoxy) is 1. The second kappa shape index (κ2) is 18.7. The van der Waals surface area contributed by atoms with Crippen molar-refractivity contribution < 1.29 is 9.53 Å². The maximum absolute atomic E-state index is 11.7. The van der Waals surface area contributed by atoms with Crippen molar-refractivity contribution in [2.75, 3.05) is 45.9 Å². The van der Waals surface area contributed by atoms with E-state index in [1.807, 2.05) is 6.92 Å². The van der Waals surface area contributed by atoms with Gasteiger partial charge in [0.05, 0.1) is 13.1 Å². The highest BCUT2D eigenvalue weighted by Gasteiger charge is 2.06. The molecule has 0 aliphatic heterocycles. The van der Waals surface area contributed by atoms with Crippen LogP contribution in [0.15, 0.2) is 9.98 Å². The van der Waals surface area contributed by atoms with Crippen LogP contribution in [-0.4, -0.2) is 68.0 Å². The largest absolute Gasteiger partial charge is 0.374 e. The van der Waals surface area contributed by atoms with Gasteiger partial charge in [-0.2, -0.15) is 0 Å². The Morgan fingerprint density at radius 3 is 1.83 bits per heavy atom. The van der Waals surface area contributed by atoms with Crippen molar-refractivity contribution in [1.29, 1.82) is 0 Å². The first-order chi connectivity index (χ1) is 14.2. The summed E-state index contributed by atoms with van der Waals surface area (Å²) < 4.78 is 5.18. The lowest BCUT2D eigenvalue weighted by atomic mass is 10.1. The molecule has 0 aromatic rings. The first-order valence-electron chi connectivity index (χ1n) is 12.1. The number of carbonyl (C=O) groups is 1. The van der Waals surface area contributed by atoms with Crippen LogP contribution < -0.4 is 0 Å². The summed E-state index contributed by atoms with van der Waals surface area (Å²) in [4.78, 5) is 23.7. The lowest BCUT2D eigenvalue weighted by molar-refractivity contribution is -0.123. The summed E-state index contributed by atoms with van der Waals surface area (Å²) >= 11 is 0. The molecule has 0 aromatic carbocycles. The number of hydrogen-bond acceptors (Lipinski definition) is 5. The van der Waals surface area contributed by atoms with Gasteiger partial charge < -0.3 is 4.74 Å². The second-order valence-electron chi connectivity index (χ2n) is 9.26. The average Bonchev–Trinajstić information content (AvgIpc) is 2.64. The number of Topliss-reactive ketones (excluding diaryl/α,β-unsaturated/α-hetero) is 1. The molecular formula is C25H49N3O2. The van der Waals surface area contributed by atoms with Crippen molar-refractivity contribution >= 4 is 17.2 Å². The SMILES string of the molecule is CCOCC(=O)CCCCCN(CC/N=C(\C)CC(C)C)CC/N=C(\C)CC(C)C. The zero-order valence-electron chi connectivity index (χ0n) is 21.0. The maximum Gasteiger partial charge on any atom is 0.158 e. The van der Waals surface area contributed by atoms with Crippen molar-refractivity contribution in [1.82, 2.24) is 4.90 Å². The summed E-state index contributed by atoms with van der Waals surface area (Å²) in [6.45, 7) is 20.8. The number of unbranched alkanes of at least 4 members (excludes halogenated alkanes) is 2. The molecule has 0 bridgehead atoms. The first-order valence-corrected chi connectivity index (χ1v) is 12.1. The number of carbonyl (C=O) groups excluding carboxylic acids is 1. The number of ketones is 1. The van der Waals surface area contributed by atoms with Gasteiger partial charge in [-0.3, -0.25) is 19.7 Å². The second-order valence-corrected chi connectivity index (χ2v) is 9.26. The normalized spacial score (nSPS) is 13.1. The topological polar surface area (TPSA) is 54.3 Å². The Balaban J connectivity index is 4.40. The van der Waals surface area contributed by atoms with Gasteiger partial charge in [-0.25, -0.2) is 0 Å². The van der Waals surface area contributed by atoms with Gasteiger partial charge in [0.2, 0.25) is 0 Å². The molecule has 0 spiro atoms. The average molecular weight is 424 g/mol.